The van der Waals surface area contributed by atoms with Gasteiger partial charge in [-0.15, -0.1) is 0 Å². The molecule has 0 bridgehead atoms. The van der Waals surface area contributed by atoms with Crippen molar-refractivity contribution in [3.05, 3.63) is 25.3 Å². The van der Waals surface area contributed by atoms with Crippen LogP contribution in [0.3, 0.4) is 0 Å². The van der Waals surface area contributed by atoms with E-state index < -0.39 is 0 Å². The van der Waals surface area contributed by atoms with Crippen molar-refractivity contribution in [2.24, 2.45) is 0 Å². The highest BCUT2D eigenvalue weighted by molar-refractivity contribution is 4.70. The van der Waals surface area contributed by atoms with Crippen molar-refractivity contribution < 1.29 is 4.48 Å². The van der Waals surface area contributed by atoms with E-state index in [2.05, 4.69) is 27.1 Å². The predicted octanol–water partition coefficient (Wildman–Crippen LogP) is 4.56. The summed E-state index contributed by atoms with van der Waals surface area (Å²) < 4.78 is 1.07. The minimum atomic E-state index is 1.06. The van der Waals surface area contributed by atoms with Gasteiger partial charge in [-0.25, -0.2) is 0 Å². The molecule has 0 N–H and O–H groups in total. The van der Waals surface area contributed by atoms with Crippen molar-refractivity contribution in [1.29, 1.82) is 0 Å². The smallest absolute Gasteiger partial charge is 0.0971 e. The van der Waals surface area contributed by atoms with Crippen LogP contribution >= 0.6 is 0 Å². The number of hydrogen-bond donors (Lipinski definition) is 0. The van der Waals surface area contributed by atoms with Crippen molar-refractivity contribution in [1.82, 2.24) is 0 Å². The highest BCUT2D eigenvalue weighted by atomic mass is 15.3. The second-order valence-electron chi connectivity index (χ2n) is 5.41. The van der Waals surface area contributed by atoms with Gasteiger partial charge >= 0.3 is 0 Å². The van der Waals surface area contributed by atoms with E-state index in [1.165, 1.54) is 51.5 Å². The number of rotatable bonds is 12. The van der Waals surface area contributed by atoms with E-state index in [0.29, 0.717) is 0 Å². The van der Waals surface area contributed by atoms with Gasteiger partial charge in [0.2, 0.25) is 0 Å². The standard InChI is InChI=1S/C16H32N/c1-5-8-9-10-11-12-13-16-17(4,14-6-2)15-7-3/h6-7H,2-3,5,8-16H2,1,4H3/q+1. The van der Waals surface area contributed by atoms with Crippen LogP contribution in [0.5, 0.6) is 0 Å². The van der Waals surface area contributed by atoms with Crippen LogP contribution in [0.25, 0.3) is 0 Å². The Morgan fingerprint density at radius 2 is 1.29 bits per heavy atom. The number of unbranched alkanes of at least 4 members (excludes halogenated alkanes) is 6. The Kier molecular flexibility index (Phi) is 10.2. The summed E-state index contributed by atoms with van der Waals surface area (Å²) in [6.45, 7) is 13.4. The molecule has 1 heteroatoms. The summed E-state index contributed by atoms with van der Waals surface area (Å²) in [4.78, 5) is 0. The van der Waals surface area contributed by atoms with Crippen molar-refractivity contribution >= 4 is 0 Å². The molecule has 0 radical (unpaired) electrons. The van der Waals surface area contributed by atoms with Crippen LogP contribution in [-0.2, 0) is 0 Å². The lowest BCUT2D eigenvalue weighted by Gasteiger charge is -2.32. The summed E-state index contributed by atoms with van der Waals surface area (Å²) in [7, 11) is 2.31. The Hall–Kier alpha value is -0.560. The van der Waals surface area contributed by atoms with Crippen molar-refractivity contribution in [2.45, 2.75) is 51.9 Å². The first kappa shape index (κ1) is 16.4. The molecule has 0 atom stereocenters. The predicted molar refractivity (Wildman–Crippen MR) is 79.2 cm³/mol. The summed E-state index contributed by atoms with van der Waals surface area (Å²) in [5, 5.41) is 0. The Morgan fingerprint density at radius 1 is 0.824 bits per heavy atom. The normalized spacial score (nSPS) is 11.4. The Morgan fingerprint density at radius 3 is 1.76 bits per heavy atom. The zero-order valence-electron chi connectivity index (χ0n) is 12.1. The molecular formula is C16H32N+. The van der Waals surface area contributed by atoms with E-state index in [0.717, 1.165) is 17.6 Å². The molecule has 0 fully saturated rings. The Bertz CT molecular complexity index is 186. The molecule has 0 saturated carbocycles. The average molecular weight is 238 g/mol. The zero-order valence-corrected chi connectivity index (χ0v) is 12.1. The van der Waals surface area contributed by atoms with Gasteiger partial charge < -0.3 is 4.48 Å². The van der Waals surface area contributed by atoms with Gasteiger partial charge in [0.05, 0.1) is 26.7 Å². The van der Waals surface area contributed by atoms with E-state index in [4.69, 9.17) is 0 Å². The minimum absolute atomic E-state index is 1.06. The van der Waals surface area contributed by atoms with Crippen molar-refractivity contribution in [3.8, 4) is 0 Å². The van der Waals surface area contributed by atoms with E-state index in [-0.39, 0.29) is 0 Å². The van der Waals surface area contributed by atoms with Crippen LogP contribution in [0.2, 0.25) is 0 Å². The maximum absolute atomic E-state index is 3.86. The van der Waals surface area contributed by atoms with Crippen LogP contribution in [0.15, 0.2) is 25.3 Å². The molecule has 0 unspecified atom stereocenters. The molecule has 0 aliphatic heterocycles. The van der Waals surface area contributed by atoms with Crippen LogP contribution in [0.4, 0.5) is 0 Å². The third kappa shape index (κ3) is 9.17. The largest absolute Gasteiger partial charge is 0.320 e. The molecule has 0 heterocycles. The number of hydrogen-bond acceptors (Lipinski definition) is 0. The molecule has 0 rings (SSSR count). The van der Waals surface area contributed by atoms with Gasteiger partial charge in [-0.2, -0.15) is 0 Å². The van der Waals surface area contributed by atoms with Gasteiger partial charge in [-0.1, -0.05) is 52.2 Å². The lowest BCUT2D eigenvalue weighted by atomic mass is 10.1. The van der Waals surface area contributed by atoms with E-state index in [9.17, 15) is 0 Å². The molecule has 0 aromatic rings. The fourth-order valence-corrected chi connectivity index (χ4v) is 2.33. The third-order valence-electron chi connectivity index (χ3n) is 3.44. The molecule has 100 valence electrons. The Labute approximate surface area is 109 Å². The first-order valence-electron chi connectivity index (χ1n) is 7.24. The minimum Gasteiger partial charge on any atom is -0.320 e. The van der Waals surface area contributed by atoms with Gasteiger partial charge in [0.25, 0.3) is 0 Å². The molecule has 0 aromatic heterocycles. The number of likely N-dealkylation sites (N-methyl/N-ethyl adjacent to an activating group) is 1. The maximum Gasteiger partial charge on any atom is 0.0971 e. The first-order valence-corrected chi connectivity index (χ1v) is 7.24. The van der Waals surface area contributed by atoms with Gasteiger partial charge in [-0.05, 0) is 25.0 Å². The summed E-state index contributed by atoms with van der Waals surface area (Å²) >= 11 is 0. The lowest BCUT2D eigenvalue weighted by molar-refractivity contribution is -0.898. The zero-order chi connectivity index (χ0) is 13.0. The summed E-state index contributed by atoms with van der Waals surface area (Å²) in [6.07, 6.45) is 13.8. The number of nitrogens with zero attached hydrogens (tertiary/aromatic N) is 1. The quantitative estimate of drug-likeness (QED) is 0.266. The molecule has 0 aliphatic carbocycles. The van der Waals surface area contributed by atoms with E-state index >= 15 is 0 Å². The first-order chi connectivity index (χ1) is 8.18. The summed E-state index contributed by atoms with van der Waals surface area (Å²) in [5.74, 6) is 0. The second-order valence-corrected chi connectivity index (χ2v) is 5.41. The highest BCUT2D eigenvalue weighted by Crippen LogP contribution is 2.10. The summed E-state index contributed by atoms with van der Waals surface area (Å²) in [6, 6.07) is 0. The molecule has 0 aromatic carbocycles. The van der Waals surface area contributed by atoms with Gasteiger partial charge in [0.15, 0.2) is 0 Å². The highest BCUT2D eigenvalue weighted by Gasteiger charge is 2.16. The molecule has 0 amide bonds. The fourth-order valence-electron chi connectivity index (χ4n) is 2.33. The molecule has 0 spiro atoms. The SMILES string of the molecule is C=CC[N+](C)(CC=C)CCCCCCCCC. The topological polar surface area (TPSA) is 0 Å². The number of quaternary nitrogens is 1. The van der Waals surface area contributed by atoms with Crippen molar-refractivity contribution in [2.75, 3.05) is 26.7 Å². The third-order valence-corrected chi connectivity index (χ3v) is 3.44. The van der Waals surface area contributed by atoms with Crippen LogP contribution < -0.4 is 0 Å². The Balaban J connectivity index is 3.60. The van der Waals surface area contributed by atoms with Gasteiger partial charge in [-0.3, -0.25) is 0 Å². The van der Waals surface area contributed by atoms with Crippen LogP contribution in [0, 0.1) is 0 Å². The average Bonchev–Trinajstić information content (AvgIpc) is 2.28. The van der Waals surface area contributed by atoms with Gasteiger partial charge in [0.1, 0.15) is 0 Å². The maximum atomic E-state index is 3.86. The van der Waals surface area contributed by atoms with E-state index in [1.807, 2.05) is 12.2 Å². The monoisotopic (exact) mass is 238 g/mol. The molecule has 0 aliphatic rings. The van der Waals surface area contributed by atoms with Gasteiger partial charge in [0, 0.05) is 0 Å². The van der Waals surface area contributed by atoms with Crippen LogP contribution in [0.1, 0.15) is 51.9 Å². The fraction of sp³-hybridized carbons (Fsp3) is 0.750. The molecular weight excluding hydrogens is 206 g/mol. The van der Waals surface area contributed by atoms with E-state index in [1.54, 1.807) is 0 Å². The lowest BCUT2D eigenvalue weighted by Crippen LogP contribution is -2.44. The van der Waals surface area contributed by atoms with Crippen LogP contribution in [-0.4, -0.2) is 31.2 Å². The molecule has 0 saturated heterocycles. The summed E-state index contributed by atoms with van der Waals surface area (Å²) in [5.41, 5.74) is 0. The molecule has 1 nitrogen and oxygen atoms in total. The molecule has 17 heavy (non-hydrogen) atoms. The van der Waals surface area contributed by atoms with Crippen molar-refractivity contribution in [3.63, 3.8) is 0 Å². The second kappa shape index (κ2) is 10.6.